The molecule has 0 aliphatic carbocycles. The molecule has 2 fully saturated rings. The highest BCUT2D eigenvalue weighted by Crippen LogP contribution is 2.22. The van der Waals surface area contributed by atoms with Gasteiger partial charge in [-0.15, -0.1) is 0 Å². The lowest BCUT2D eigenvalue weighted by Crippen LogP contribution is -2.59. The molecule has 2 rings (SSSR count). The van der Waals surface area contributed by atoms with E-state index in [-0.39, 0.29) is 31.8 Å². The van der Waals surface area contributed by atoms with Crippen molar-refractivity contribution in [2.45, 2.75) is 79.1 Å². The molecule has 0 N–H and O–H groups in total. The Morgan fingerprint density at radius 2 is 0.919 bits per heavy atom. The predicted octanol–water partition coefficient (Wildman–Crippen LogP) is 3.87. The van der Waals surface area contributed by atoms with Gasteiger partial charge in [-0.25, -0.2) is 9.59 Å². The highest BCUT2D eigenvalue weighted by atomic mass is 16.2. The molecule has 2 aliphatic heterocycles. The maximum absolute atomic E-state index is 13.1. The summed E-state index contributed by atoms with van der Waals surface area (Å²) in [5.74, 6) is -3.84. The van der Waals surface area contributed by atoms with Crippen molar-refractivity contribution in [3.05, 3.63) is 23.8 Å². The van der Waals surface area contributed by atoms with Crippen LogP contribution in [0.5, 0.6) is 0 Å². The Balaban J connectivity index is 2.37. The molecular weight excluding hydrogens is 476 g/mol. The Morgan fingerprint density at radius 1 is 0.568 bits per heavy atom. The minimum Gasteiger partial charge on any atom is -0.273 e. The van der Waals surface area contributed by atoms with E-state index in [0.29, 0.717) is 25.7 Å². The standard InChI is InChI=1S/C27H40N4O6/c1-5-9-16-28-22(32)20(23(33)29(26(28)36)17-10-6-2)14-13-15-21-24(34)30(18-11-7-3)27(37)31(25(21)35)19-12-8-4/h13-15,20H,5-12,16-19H2,1-4H3. The minimum absolute atomic E-state index is 0.194. The molecule has 0 radical (unpaired) electrons. The number of hydrogen-bond acceptors (Lipinski definition) is 6. The van der Waals surface area contributed by atoms with Gasteiger partial charge in [0.15, 0.2) is 0 Å². The number of urea groups is 2. The Morgan fingerprint density at radius 3 is 1.30 bits per heavy atom. The van der Waals surface area contributed by atoms with E-state index >= 15 is 0 Å². The van der Waals surface area contributed by atoms with Crippen molar-refractivity contribution >= 4 is 35.7 Å². The number of unbranched alkanes of at least 4 members (excludes halogenated alkanes) is 4. The Kier molecular flexibility index (Phi) is 11.7. The number of allylic oxidation sites excluding steroid dienone is 2. The van der Waals surface area contributed by atoms with E-state index in [9.17, 15) is 28.8 Å². The zero-order valence-corrected chi connectivity index (χ0v) is 22.5. The van der Waals surface area contributed by atoms with E-state index in [2.05, 4.69) is 0 Å². The van der Waals surface area contributed by atoms with Crippen molar-refractivity contribution in [1.82, 2.24) is 19.6 Å². The molecule has 2 heterocycles. The third-order valence-corrected chi connectivity index (χ3v) is 6.45. The molecule has 2 saturated heterocycles. The van der Waals surface area contributed by atoms with Crippen LogP contribution in [0.15, 0.2) is 23.8 Å². The zero-order valence-electron chi connectivity index (χ0n) is 22.5. The fraction of sp³-hybridized carbons (Fsp3) is 0.630. The molecule has 204 valence electrons. The Labute approximate surface area is 219 Å². The van der Waals surface area contributed by atoms with Crippen LogP contribution in [0, 0.1) is 5.92 Å². The monoisotopic (exact) mass is 516 g/mol. The summed E-state index contributed by atoms with van der Waals surface area (Å²) in [6.45, 7) is 8.60. The summed E-state index contributed by atoms with van der Waals surface area (Å²) < 4.78 is 0. The molecule has 0 bridgehead atoms. The van der Waals surface area contributed by atoms with Gasteiger partial charge < -0.3 is 0 Å². The lowest BCUT2D eigenvalue weighted by atomic mass is 10.0. The topological polar surface area (TPSA) is 115 Å². The number of barbiturate groups is 2. The first-order valence-electron chi connectivity index (χ1n) is 13.5. The minimum atomic E-state index is -1.23. The SMILES string of the molecule is CCCCN1C(=O)C(=CC=CC2C(=O)N(CCCC)C(=O)N(CCCC)C2=O)C(=O)N(CCCC)C1=O. The summed E-state index contributed by atoms with van der Waals surface area (Å²) >= 11 is 0. The quantitative estimate of drug-likeness (QED) is 0.197. The van der Waals surface area contributed by atoms with Crippen LogP contribution in [0.2, 0.25) is 0 Å². The number of hydrogen-bond donors (Lipinski definition) is 0. The van der Waals surface area contributed by atoms with Gasteiger partial charge in [0.05, 0.1) is 0 Å². The molecule has 8 amide bonds. The van der Waals surface area contributed by atoms with Gasteiger partial charge in [0, 0.05) is 26.2 Å². The molecule has 10 heteroatoms. The zero-order chi connectivity index (χ0) is 27.5. The first-order valence-corrected chi connectivity index (χ1v) is 13.5. The van der Waals surface area contributed by atoms with Gasteiger partial charge in [0.2, 0.25) is 11.8 Å². The smallest absolute Gasteiger partial charge is 0.273 e. The maximum Gasteiger partial charge on any atom is 0.333 e. The fourth-order valence-corrected chi connectivity index (χ4v) is 4.12. The number of amides is 8. The molecule has 10 nitrogen and oxygen atoms in total. The summed E-state index contributed by atoms with van der Waals surface area (Å²) in [6.07, 6.45) is 9.47. The van der Waals surface area contributed by atoms with Crippen molar-refractivity contribution < 1.29 is 28.8 Å². The van der Waals surface area contributed by atoms with Crippen molar-refractivity contribution in [2.24, 2.45) is 5.92 Å². The molecule has 0 aromatic heterocycles. The van der Waals surface area contributed by atoms with Crippen molar-refractivity contribution in [3.8, 4) is 0 Å². The fourth-order valence-electron chi connectivity index (χ4n) is 4.12. The van der Waals surface area contributed by atoms with Gasteiger partial charge in [-0.2, -0.15) is 0 Å². The first-order chi connectivity index (χ1) is 17.7. The number of imide groups is 4. The largest absolute Gasteiger partial charge is 0.333 e. The van der Waals surface area contributed by atoms with Crippen LogP contribution in [0.4, 0.5) is 9.59 Å². The molecule has 0 aromatic rings. The lowest BCUT2D eigenvalue weighted by molar-refractivity contribution is -0.147. The molecule has 0 saturated carbocycles. The van der Waals surface area contributed by atoms with Gasteiger partial charge in [-0.3, -0.25) is 38.8 Å². The highest BCUT2D eigenvalue weighted by Gasteiger charge is 2.44. The van der Waals surface area contributed by atoms with Crippen LogP contribution in [0.3, 0.4) is 0 Å². The van der Waals surface area contributed by atoms with Crippen LogP contribution < -0.4 is 0 Å². The summed E-state index contributed by atoms with van der Waals surface area (Å²) in [4.78, 5) is 82.2. The molecule has 0 atom stereocenters. The predicted molar refractivity (Wildman–Crippen MR) is 138 cm³/mol. The average Bonchev–Trinajstić information content (AvgIpc) is 2.87. The molecule has 0 spiro atoms. The number of carbonyl (C=O) groups excluding carboxylic acids is 6. The maximum atomic E-state index is 13.1. The van der Waals surface area contributed by atoms with Gasteiger partial charge in [-0.1, -0.05) is 65.5 Å². The Hall–Kier alpha value is -3.30. The number of rotatable bonds is 14. The molecule has 37 heavy (non-hydrogen) atoms. The van der Waals surface area contributed by atoms with Crippen molar-refractivity contribution in [2.75, 3.05) is 26.2 Å². The van der Waals surface area contributed by atoms with E-state index in [1.807, 2.05) is 27.7 Å². The summed E-state index contributed by atoms with van der Waals surface area (Å²) in [7, 11) is 0. The molecule has 0 unspecified atom stereocenters. The third kappa shape index (κ3) is 6.93. The van der Waals surface area contributed by atoms with Crippen LogP contribution in [-0.4, -0.2) is 81.5 Å². The summed E-state index contributed by atoms with van der Waals surface area (Å²) in [5, 5.41) is 0. The van der Waals surface area contributed by atoms with Gasteiger partial charge in [0.25, 0.3) is 11.8 Å². The lowest BCUT2D eigenvalue weighted by Gasteiger charge is -2.36. The van der Waals surface area contributed by atoms with Crippen LogP contribution in [-0.2, 0) is 19.2 Å². The van der Waals surface area contributed by atoms with Crippen LogP contribution >= 0.6 is 0 Å². The number of nitrogens with zero attached hydrogens (tertiary/aromatic N) is 4. The summed E-state index contributed by atoms with van der Waals surface area (Å²) in [6, 6.07) is -1.22. The normalized spacial score (nSPS) is 17.8. The van der Waals surface area contributed by atoms with E-state index in [1.165, 1.54) is 18.2 Å². The van der Waals surface area contributed by atoms with E-state index in [4.69, 9.17) is 0 Å². The molecule has 0 aromatic carbocycles. The third-order valence-electron chi connectivity index (χ3n) is 6.45. The Bertz CT molecular complexity index is 895. The van der Waals surface area contributed by atoms with Gasteiger partial charge >= 0.3 is 12.1 Å². The van der Waals surface area contributed by atoms with Crippen LogP contribution in [0.25, 0.3) is 0 Å². The second-order valence-electron chi connectivity index (χ2n) is 9.32. The van der Waals surface area contributed by atoms with Gasteiger partial charge in [-0.05, 0) is 31.8 Å². The van der Waals surface area contributed by atoms with Crippen molar-refractivity contribution in [1.29, 1.82) is 0 Å². The van der Waals surface area contributed by atoms with Crippen molar-refractivity contribution in [3.63, 3.8) is 0 Å². The van der Waals surface area contributed by atoms with E-state index < -0.39 is 41.6 Å². The van der Waals surface area contributed by atoms with Crippen LogP contribution in [0.1, 0.15) is 79.1 Å². The first kappa shape index (κ1) is 29.9. The molecular formula is C27H40N4O6. The second-order valence-corrected chi connectivity index (χ2v) is 9.32. The van der Waals surface area contributed by atoms with Gasteiger partial charge in [0.1, 0.15) is 11.5 Å². The average molecular weight is 517 g/mol. The second kappa shape index (κ2) is 14.4. The summed E-state index contributed by atoms with van der Waals surface area (Å²) in [5.41, 5.74) is -0.194. The van der Waals surface area contributed by atoms with E-state index in [0.717, 1.165) is 45.3 Å². The van der Waals surface area contributed by atoms with E-state index in [1.54, 1.807) is 0 Å². The number of carbonyl (C=O) groups is 6. The highest BCUT2D eigenvalue weighted by molar-refractivity contribution is 6.28. The molecule has 2 aliphatic rings.